The monoisotopic (exact) mass is 330 g/mol. The number of pyridine rings is 1. The molecule has 0 aromatic carbocycles. The molecule has 0 saturated heterocycles. The number of fused-ring (bicyclic) bond motifs is 1. The first kappa shape index (κ1) is 15.4. The molecule has 3 N–H and O–H groups in total. The molecule has 0 spiro atoms. The molecule has 7 heteroatoms. The number of aromatic nitrogens is 3. The Kier molecular flexibility index (Phi) is 3.68. The average molecular weight is 330 g/mol. The van der Waals surface area contributed by atoms with Gasteiger partial charge < -0.3 is 10.4 Å². The number of carbonyl (C=O) groups is 1. The second-order valence-electron chi connectivity index (χ2n) is 7.00. The molecule has 0 radical (unpaired) electrons. The third-order valence-corrected chi connectivity index (χ3v) is 5.12. The van der Waals surface area contributed by atoms with Crippen molar-refractivity contribution in [2.45, 2.75) is 56.6 Å². The van der Waals surface area contributed by atoms with E-state index >= 15 is 0 Å². The van der Waals surface area contributed by atoms with Gasteiger partial charge in [0.25, 0.3) is 11.5 Å². The molecule has 2 aliphatic rings. The Balaban J connectivity index is 1.74. The maximum absolute atomic E-state index is 12.8. The summed E-state index contributed by atoms with van der Waals surface area (Å²) in [5, 5.41) is 16.0. The van der Waals surface area contributed by atoms with Crippen LogP contribution in [0.2, 0.25) is 0 Å². The van der Waals surface area contributed by atoms with Gasteiger partial charge in [0.05, 0.1) is 23.1 Å². The zero-order chi connectivity index (χ0) is 16.8. The van der Waals surface area contributed by atoms with E-state index in [-0.39, 0.29) is 17.5 Å². The molecule has 2 aromatic heterocycles. The Morgan fingerprint density at radius 1 is 1.33 bits per heavy atom. The van der Waals surface area contributed by atoms with Crippen LogP contribution in [0, 0.1) is 0 Å². The number of rotatable bonds is 3. The number of aromatic amines is 1. The minimum absolute atomic E-state index is 0.248. The molecule has 2 aliphatic carbocycles. The molecule has 1 amide bonds. The average Bonchev–Trinajstić information content (AvgIpc) is 3.36. The van der Waals surface area contributed by atoms with E-state index in [1.165, 1.54) is 0 Å². The van der Waals surface area contributed by atoms with Gasteiger partial charge >= 0.3 is 0 Å². The van der Waals surface area contributed by atoms with E-state index in [0.29, 0.717) is 28.9 Å². The van der Waals surface area contributed by atoms with Gasteiger partial charge in [0.15, 0.2) is 5.65 Å². The minimum Gasteiger partial charge on any atom is -0.391 e. The lowest BCUT2D eigenvalue weighted by Crippen LogP contribution is -2.45. The molecule has 4 rings (SSSR count). The van der Waals surface area contributed by atoms with Crippen LogP contribution in [0.4, 0.5) is 0 Å². The van der Waals surface area contributed by atoms with E-state index in [4.69, 9.17) is 0 Å². The number of nitrogens with zero attached hydrogens (tertiary/aromatic N) is 2. The standard InChI is InChI=1S/C17H22N4O3/c1-21-15-14(17(24)20-21)10(8-12(18-15)9-6-7-9)16(23)19-11-4-2-3-5-13(11)22/h8-9,11,13,22H,2-7H2,1H3,(H,19,23)(H,20,24). The molecule has 0 bridgehead atoms. The zero-order valence-corrected chi connectivity index (χ0v) is 13.7. The van der Waals surface area contributed by atoms with Crippen LogP contribution in [0.1, 0.15) is 60.5 Å². The SMILES string of the molecule is Cn1[nH]c(=O)c2c(C(=O)NC3CCCCC3O)cc(C3CC3)nc21. The van der Waals surface area contributed by atoms with Gasteiger partial charge in [0.1, 0.15) is 0 Å². The van der Waals surface area contributed by atoms with Crippen molar-refractivity contribution in [1.82, 2.24) is 20.1 Å². The molecular weight excluding hydrogens is 308 g/mol. The first-order chi connectivity index (χ1) is 11.5. The Labute approximate surface area is 139 Å². The van der Waals surface area contributed by atoms with E-state index < -0.39 is 6.10 Å². The lowest BCUT2D eigenvalue weighted by Gasteiger charge is -2.28. The molecule has 2 fully saturated rings. The summed E-state index contributed by atoms with van der Waals surface area (Å²) < 4.78 is 1.57. The highest BCUT2D eigenvalue weighted by Gasteiger charge is 2.30. The first-order valence-electron chi connectivity index (χ1n) is 8.63. The van der Waals surface area contributed by atoms with E-state index in [2.05, 4.69) is 15.4 Å². The molecule has 2 saturated carbocycles. The predicted molar refractivity (Wildman–Crippen MR) is 89.0 cm³/mol. The van der Waals surface area contributed by atoms with E-state index in [1.807, 2.05) is 0 Å². The second-order valence-corrected chi connectivity index (χ2v) is 7.00. The number of aliphatic hydroxyl groups excluding tert-OH is 1. The lowest BCUT2D eigenvalue weighted by molar-refractivity contribution is 0.0718. The quantitative estimate of drug-likeness (QED) is 0.786. The van der Waals surface area contributed by atoms with Gasteiger partial charge in [-0.05, 0) is 31.7 Å². The van der Waals surface area contributed by atoms with Crippen molar-refractivity contribution in [3.05, 3.63) is 27.7 Å². The fourth-order valence-electron chi connectivity index (χ4n) is 3.57. The van der Waals surface area contributed by atoms with Crippen LogP contribution in [-0.4, -0.2) is 37.9 Å². The number of hydrogen-bond donors (Lipinski definition) is 3. The van der Waals surface area contributed by atoms with Gasteiger partial charge in [-0.3, -0.25) is 19.4 Å². The van der Waals surface area contributed by atoms with Gasteiger partial charge in [0, 0.05) is 18.7 Å². The fourth-order valence-corrected chi connectivity index (χ4v) is 3.57. The zero-order valence-electron chi connectivity index (χ0n) is 13.7. The maximum atomic E-state index is 12.8. The Morgan fingerprint density at radius 3 is 2.79 bits per heavy atom. The molecular formula is C17H22N4O3. The Morgan fingerprint density at radius 2 is 2.08 bits per heavy atom. The van der Waals surface area contributed by atoms with Crippen molar-refractivity contribution in [1.29, 1.82) is 0 Å². The van der Waals surface area contributed by atoms with Crippen LogP contribution in [0.15, 0.2) is 10.9 Å². The summed E-state index contributed by atoms with van der Waals surface area (Å²) in [7, 11) is 1.72. The van der Waals surface area contributed by atoms with E-state index in [9.17, 15) is 14.7 Å². The number of amides is 1. The van der Waals surface area contributed by atoms with Crippen LogP contribution in [0.5, 0.6) is 0 Å². The molecule has 0 aliphatic heterocycles. The summed E-state index contributed by atoms with van der Waals surface area (Å²) in [5.74, 6) is 0.0816. The summed E-state index contributed by atoms with van der Waals surface area (Å²) in [4.78, 5) is 29.6. The van der Waals surface area contributed by atoms with Gasteiger partial charge in [-0.2, -0.15) is 0 Å². The smallest absolute Gasteiger partial charge is 0.274 e. The minimum atomic E-state index is -0.517. The molecule has 128 valence electrons. The third-order valence-electron chi connectivity index (χ3n) is 5.12. The molecule has 7 nitrogen and oxygen atoms in total. The Bertz CT molecular complexity index is 849. The first-order valence-corrected chi connectivity index (χ1v) is 8.63. The molecule has 24 heavy (non-hydrogen) atoms. The molecule has 2 atom stereocenters. The summed E-state index contributed by atoms with van der Waals surface area (Å²) in [6.45, 7) is 0. The van der Waals surface area contributed by atoms with Crippen LogP contribution < -0.4 is 10.9 Å². The molecule has 2 heterocycles. The molecule has 2 unspecified atom stereocenters. The number of nitrogens with one attached hydrogen (secondary N) is 2. The van der Waals surface area contributed by atoms with E-state index in [1.54, 1.807) is 17.8 Å². The highest BCUT2D eigenvalue weighted by Crippen LogP contribution is 2.40. The number of hydrogen-bond acceptors (Lipinski definition) is 4. The number of carbonyl (C=O) groups excluding carboxylic acids is 1. The number of aryl methyl sites for hydroxylation is 1. The van der Waals surface area contributed by atoms with Crippen molar-refractivity contribution >= 4 is 16.9 Å². The fraction of sp³-hybridized carbons (Fsp3) is 0.588. The summed E-state index contributed by atoms with van der Waals surface area (Å²) in [5.41, 5.74) is 1.43. The second kappa shape index (κ2) is 5.73. The summed E-state index contributed by atoms with van der Waals surface area (Å²) in [6, 6.07) is 1.50. The highest BCUT2D eigenvalue weighted by molar-refractivity contribution is 6.05. The number of aliphatic hydroxyl groups is 1. The third kappa shape index (κ3) is 2.62. The van der Waals surface area contributed by atoms with Crippen LogP contribution >= 0.6 is 0 Å². The predicted octanol–water partition coefficient (Wildman–Crippen LogP) is 1.17. The van der Waals surface area contributed by atoms with Crippen LogP contribution in [0.3, 0.4) is 0 Å². The van der Waals surface area contributed by atoms with Crippen molar-refractivity contribution in [3.63, 3.8) is 0 Å². The van der Waals surface area contributed by atoms with Crippen LogP contribution in [0.25, 0.3) is 11.0 Å². The number of H-pyrrole nitrogens is 1. The van der Waals surface area contributed by atoms with Crippen molar-refractivity contribution in [2.75, 3.05) is 0 Å². The van der Waals surface area contributed by atoms with Gasteiger partial charge in [-0.25, -0.2) is 4.98 Å². The van der Waals surface area contributed by atoms with Gasteiger partial charge in [-0.1, -0.05) is 12.8 Å². The van der Waals surface area contributed by atoms with Crippen molar-refractivity contribution in [3.8, 4) is 0 Å². The molecule has 2 aromatic rings. The summed E-state index contributed by atoms with van der Waals surface area (Å²) >= 11 is 0. The van der Waals surface area contributed by atoms with Gasteiger partial charge in [-0.15, -0.1) is 0 Å². The topological polar surface area (TPSA) is 100 Å². The van der Waals surface area contributed by atoms with Crippen LogP contribution in [-0.2, 0) is 7.05 Å². The Hall–Kier alpha value is -2.15. The normalized spacial score (nSPS) is 24.2. The maximum Gasteiger partial charge on any atom is 0.274 e. The van der Waals surface area contributed by atoms with Crippen molar-refractivity contribution in [2.24, 2.45) is 7.05 Å². The summed E-state index contributed by atoms with van der Waals surface area (Å²) in [6.07, 6.45) is 5.07. The van der Waals surface area contributed by atoms with E-state index in [0.717, 1.165) is 37.8 Å². The van der Waals surface area contributed by atoms with Gasteiger partial charge in [0.2, 0.25) is 0 Å². The lowest BCUT2D eigenvalue weighted by atomic mass is 9.92. The van der Waals surface area contributed by atoms with Crippen molar-refractivity contribution < 1.29 is 9.90 Å². The highest BCUT2D eigenvalue weighted by atomic mass is 16.3. The largest absolute Gasteiger partial charge is 0.391 e.